The molecule has 0 bridgehead atoms. The lowest BCUT2D eigenvalue weighted by molar-refractivity contribution is -0.131. The van der Waals surface area contributed by atoms with Gasteiger partial charge in [0, 0.05) is 57.4 Å². The largest absolute Gasteiger partial charge is 0.350 e. The highest BCUT2D eigenvalue weighted by Gasteiger charge is 2.37. The maximum absolute atomic E-state index is 12.1. The molecule has 3 fully saturated rings. The fraction of sp³-hybridized carbons (Fsp3) is 0.750. The minimum Gasteiger partial charge on any atom is -0.350 e. The number of likely N-dealkylation sites (N-methyl/N-ethyl adjacent to an activating group) is 1. The van der Waals surface area contributed by atoms with Crippen molar-refractivity contribution >= 4 is 11.7 Å². The first-order valence-corrected chi connectivity index (χ1v) is 10.2. The first-order valence-electron chi connectivity index (χ1n) is 10.2. The van der Waals surface area contributed by atoms with Gasteiger partial charge in [0.1, 0.15) is 12.1 Å². The number of anilines is 1. The Morgan fingerprint density at radius 2 is 1.88 bits per heavy atom. The van der Waals surface area contributed by atoms with Gasteiger partial charge >= 0.3 is 0 Å². The van der Waals surface area contributed by atoms with Gasteiger partial charge in [-0.05, 0) is 44.6 Å². The number of nitrogens with zero attached hydrogens (tertiary/aromatic N) is 5. The van der Waals surface area contributed by atoms with Crippen molar-refractivity contribution in [3.8, 4) is 0 Å². The van der Waals surface area contributed by atoms with Gasteiger partial charge in [-0.2, -0.15) is 0 Å². The number of piperidine rings is 1. The van der Waals surface area contributed by atoms with Crippen LogP contribution in [0.2, 0.25) is 0 Å². The summed E-state index contributed by atoms with van der Waals surface area (Å²) >= 11 is 0. The summed E-state index contributed by atoms with van der Waals surface area (Å²) in [6, 6.07) is 3.70. The molecule has 1 aromatic heterocycles. The summed E-state index contributed by atoms with van der Waals surface area (Å²) in [6.07, 6.45) is 12.6. The monoisotopic (exact) mass is 357 g/mol. The van der Waals surface area contributed by atoms with E-state index in [2.05, 4.69) is 25.8 Å². The van der Waals surface area contributed by atoms with E-state index in [9.17, 15) is 4.79 Å². The molecule has 26 heavy (non-hydrogen) atoms. The van der Waals surface area contributed by atoms with Gasteiger partial charge in [-0.1, -0.05) is 6.42 Å². The molecule has 0 radical (unpaired) electrons. The van der Waals surface area contributed by atoms with Crippen molar-refractivity contribution in [1.29, 1.82) is 0 Å². The lowest BCUT2D eigenvalue weighted by atomic mass is 10.0. The number of likely N-dealkylation sites (tertiary alicyclic amines) is 2. The Morgan fingerprint density at radius 1 is 1.12 bits per heavy atom. The van der Waals surface area contributed by atoms with Crippen LogP contribution in [-0.2, 0) is 4.79 Å². The van der Waals surface area contributed by atoms with Crippen molar-refractivity contribution in [3.63, 3.8) is 0 Å². The second-order valence-electron chi connectivity index (χ2n) is 8.14. The zero-order chi connectivity index (χ0) is 17.9. The van der Waals surface area contributed by atoms with Gasteiger partial charge in [-0.25, -0.2) is 9.97 Å². The summed E-state index contributed by atoms with van der Waals surface area (Å²) in [7, 11) is 2.00. The molecule has 2 aliphatic heterocycles. The van der Waals surface area contributed by atoms with E-state index < -0.39 is 0 Å². The summed E-state index contributed by atoms with van der Waals surface area (Å²) in [5.74, 6) is 1.42. The van der Waals surface area contributed by atoms with Crippen molar-refractivity contribution in [2.75, 3.05) is 31.6 Å². The van der Waals surface area contributed by atoms with Gasteiger partial charge < -0.3 is 14.7 Å². The molecule has 1 aliphatic carbocycles. The van der Waals surface area contributed by atoms with Crippen LogP contribution >= 0.6 is 0 Å². The molecule has 0 N–H and O–H groups in total. The van der Waals surface area contributed by atoms with E-state index in [1.54, 1.807) is 6.33 Å². The number of carbonyl (C=O) groups excluding carboxylic acids is 1. The quantitative estimate of drug-likeness (QED) is 0.809. The van der Waals surface area contributed by atoms with E-state index in [0.717, 1.165) is 44.7 Å². The number of carbonyl (C=O) groups is 1. The smallest absolute Gasteiger partial charge is 0.222 e. The van der Waals surface area contributed by atoms with E-state index >= 15 is 0 Å². The molecule has 3 aliphatic rings. The fourth-order valence-electron chi connectivity index (χ4n) is 4.58. The first kappa shape index (κ1) is 17.7. The van der Waals surface area contributed by atoms with Gasteiger partial charge in [0.15, 0.2) is 0 Å². The Kier molecular flexibility index (Phi) is 5.38. The molecular formula is C20H31N5O. The van der Waals surface area contributed by atoms with Crippen LogP contribution in [0.4, 0.5) is 5.82 Å². The van der Waals surface area contributed by atoms with Crippen LogP contribution in [-0.4, -0.2) is 70.5 Å². The van der Waals surface area contributed by atoms with Crippen molar-refractivity contribution in [3.05, 3.63) is 18.6 Å². The zero-order valence-electron chi connectivity index (χ0n) is 15.9. The molecule has 0 aromatic carbocycles. The van der Waals surface area contributed by atoms with Gasteiger partial charge in [0.2, 0.25) is 5.91 Å². The van der Waals surface area contributed by atoms with Crippen LogP contribution < -0.4 is 4.90 Å². The van der Waals surface area contributed by atoms with E-state index in [0.29, 0.717) is 24.0 Å². The minimum absolute atomic E-state index is 0.325. The molecule has 1 aromatic rings. The third-order valence-corrected chi connectivity index (χ3v) is 6.31. The molecule has 4 rings (SSSR count). The topological polar surface area (TPSA) is 52.6 Å². The van der Waals surface area contributed by atoms with Crippen LogP contribution in [0.1, 0.15) is 51.4 Å². The van der Waals surface area contributed by atoms with Crippen LogP contribution in [0.25, 0.3) is 0 Å². The summed E-state index contributed by atoms with van der Waals surface area (Å²) in [5.41, 5.74) is 0. The maximum atomic E-state index is 12.1. The Bertz CT molecular complexity index is 597. The van der Waals surface area contributed by atoms with Crippen LogP contribution in [0.15, 0.2) is 18.6 Å². The molecular weight excluding hydrogens is 326 g/mol. The summed E-state index contributed by atoms with van der Waals surface area (Å²) in [6.45, 7) is 3.28. The molecule has 0 spiro atoms. The normalized spacial score (nSPS) is 26.0. The highest BCUT2D eigenvalue weighted by Crippen LogP contribution is 2.35. The lowest BCUT2D eigenvalue weighted by Crippen LogP contribution is -2.50. The molecule has 1 unspecified atom stereocenters. The first-order chi connectivity index (χ1) is 12.7. The molecule has 2 saturated heterocycles. The van der Waals surface area contributed by atoms with Gasteiger partial charge in [0.05, 0.1) is 0 Å². The van der Waals surface area contributed by atoms with Crippen LogP contribution in [0.3, 0.4) is 0 Å². The molecule has 142 valence electrons. The van der Waals surface area contributed by atoms with Crippen LogP contribution in [0.5, 0.6) is 0 Å². The molecule has 1 atom stereocenters. The number of amides is 1. The molecule has 1 saturated carbocycles. The second-order valence-corrected chi connectivity index (χ2v) is 8.14. The Morgan fingerprint density at radius 3 is 2.58 bits per heavy atom. The fourth-order valence-corrected chi connectivity index (χ4v) is 4.58. The summed E-state index contributed by atoms with van der Waals surface area (Å²) in [4.78, 5) is 27.9. The van der Waals surface area contributed by atoms with E-state index in [-0.39, 0.29) is 0 Å². The predicted octanol–water partition coefficient (Wildman–Crippen LogP) is 2.31. The third-order valence-electron chi connectivity index (χ3n) is 6.31. The highest BCUT2D eigenvalue weighted by molar-refractivity contribution is 5.76. The molecule has 6 nitrogen and oxygen atoms in total. The average Bonchev–Trinajstić information content (AvgIpc) is 3.51. The lowest BCUT2D eigenvalue weighted by Gasteiger charge is -2.41. The SMILES string of the molecule is CN1C(=O)CCCCC1CN1CCC(N(c2ccncn2)C2CC2)CC1. The Labute approximate surface area is 156 Å². The standard InChI is InChI=1S/C20H31N5O/c1-23-18(4-2-3-5-20(23)26)14-24-12-9-17(10-13-24)25(16-6-7-16)19-8-11-21-15-22-19/h8,11,15-18H,2-7,9-10,12-14H2,1H3. The Balaban J connectivity index is 1.34. The molecule has 1 amide bonds. The number of rotatable bonds is 5. The van der Waals surface area contributed by atoms with Crippen molar-refractivity contribution < 1.29 is 4.79 Å². The number of aromatic nitrogens is 2. The molecule has 6 heteroatoms. The Hall–Kier alpha value is -1.69. The summed E-state index contributed by atoms with van der Waals surface area (Å²) in [5, 5.41) is 0. The predicted molar refractivity (Wildman–Crippen MR) is 102 cm³/mol. The average molecular weight is 358 g/mol. The van der Waals surface area contributed by atoms with E-state index in [1.807, 2.05) is 18.1 Å². The second kappa shape index (κ2) is 7.91. The van der Waals surface area contributed by atoms with E-state index in [4.69, 9.17) is 0 Å². The minimum atomic E-state index is 0.325. The molecule has 3 heterocycles. The van der Waals surface area contributed by atoms with Crippen molar-refractivity contribution in [2.45, 2.75) is 69.5 Å². The van der Waals surface area contributed by atoms with E-state index in [1.165, 1.54) is 32.1 Å². The van der Waals surface area contributed by atoms with Crippen molar-refractivity contribution in [1.82, 2.24) is 19.8 Å². The summed E-state index contributed by atoms with van der Waals surface area (Å²) < 4.78 is 0. The highest BCUT2D eigenvalue weighted by atomic mass is 16.2. The zero-order valence-corrected chi connectivity index (χ0v) is 15.9. The number of hydrogen-bond acceptors (Lipinski definition) is 5. The third kappa shape index (κ3) is 4.00. The maximum Gasteiger partial charge on any atom is 0.222 e. The van der Waals surface area contributed by atoms with Gasteiger partial charge in [-0.3, -0.25) is 4.79 Å². The van der Waals surface area contributed by atoms with Gasteiger partial charge in [-0.15, -0.1) is 0 Å². The van der Waals surface area contributed by atoms with Gasteiger partial charge in [0.25, 0.3) is 0 Å². The number of hydrogen-bond donors (Lipinski definition) is 0. The van der Waals surface area contributed by atoms with Crippen molar-refractivity contribution in [2.24, 2.45) is 0 Å². The van der Waals surface area contributed by atoms with Crippen LogP contribution in [0, 0.1) is 0 Å².